The van der Waals surface area contributed by atoms with Gasteiger partial charge in [-0.05, 0) is 20.8 Å². The average molecular weight is 300 g/mol. The lowest BCUT2D eigenvalue weighted by Crippen LogP contribution is -3.00. The van der Waals surface area contributed by atoms with E-state index in [0.717, 1.165) is 0 Å². The largest absolute Gasteiger partial charge is 1.00 e. The number of hydrogen-bond acceptors (Lipinski definition) is 0. The quantitative estimate of drug-likeness (QED) is 0.688. The van der Waals surface area contributed by atoms with Gasteiger partial charge in [0.2, 0.25) is 0 Å². The van der Waals surface area contributed by atoms with Crippen molar-refractivity contribution in [2.45, 2.75) is 40.2 Å². The lowest BCUT2D eigenvalue weighted by Gasteiger charge is -2.43. The summed E-state index contributed by atoms with van der Waals surface area (Å²) in [6.07, 6.45) is 1.22. The van der Waals surface area contributed by atoms with E-state index >= 15 is 0 Å². The number of quaternary nitrogens is 1. The van der Waals surface area contributed by atoms with Crippen molar-refractivity contribution in [3.63, 3.8) is 0 Å². The molecule has 0 aromatic heterocycles. The third-order valence-corrected chi connectivity index (χ3v) is 4.12. The molecule has 2 heteroatoms. The summed E-state index contributed by atoms with van der Waals surface area (Å²) in [5, 5.41) is 0. The lowest BCUT2D eigenvalue weighted by molar-refractivity contribution is -0.952. The summed E-state index contributed by atoms with van der Waals surface area (Å²) in [5.41, 5.74) is 1.50. The maximum atomic E-state index is 2.32. The molecule has 0 fully saturated rings. The van der Waals surface area contributed by atoms with E-state index in [9.17, 15) is 0 Å². The van der Waals surface area contributed by atoms with Crippen molar-refractivity contribution < 1.29 is 21.5 Å². The number of hydrogen-bond donors (Lipinski definition) is 0. The molecule has 17 heavy (non-hydrogen) atoms. The van der Waals surface area contributed by atoms with Gasteiger partial charge in [-0.2, -0.15) is 0 Å². The van der Waals surface area contributed by atoms with Crippen LogP contribution in [0.5, 0.6) is 0 Å². The zero-order chi connectivity index (χ0) is 12.0. The second kappa shape index (κ2) is 7.88. The van der Waals surface area contributed by atoms with Gasteiger partial charge >= 0.3 is 0 Å². The molecule has 1 unspecified atom stereocenters. The number of rotatable bonds is 6. The molecule has 0 spiro atoms. The van der Waals surface area contributed by atoms with E-state index in [1.165, 1.54) is 36.1 Å². The molecule has 0 saturated carbocycles. The van der Waals surface area contributed by atoms with E-state index in [0.29, 0.717) is 6.04 Å². The Labute approximate surface area is 117 Å². The molecule has 0 aliphatic rings. The van der Waals surface area contributed by atoms with Gasteiger partial charge in [-0.25, -0.2) is 0 Å². The van der Waals surface area contributed by atoms with Crippen LogP contribution in [0.1, 0.15) is 45.7 Å². The van der Waals surface area contributed by atoms with Crippen LogP contribution in [-0.2, 0) is 0 Å². The topological polar surface area (TPSA) is 0 Å². The maximum Gasteiger partial charge on any atom is 0.114 e. The van der Waals surface area contributed by atoms with Crippen molar-refractivity contribution in [2.75, 3.05) is 19.6 Å². The van der Waals surface area contributed by atoms with Crippen molar-refractivity contribution in [3.8, 4) is 0 Å². The highest BCUT2D eigenvalue weighted by molar-refractivity contribution is 5.17. The van der Waals surface area contributed by atoms with Crippen LogP contribution >= 0.6 is 0 Å². The standard InChI is InChI=1S/C15H26N.BrH/c1-5-15(14-12-10-9-11-13-14)16(6-2,7-3)8-4;/h9-13,15H,5-8H2,1-4H3;1H/q+1;/p-1. The number of halogens is 1. The third-order valence-electron chi connectivity index (χ3n) is 4.12. The van der Waals surface area contributed by atoms with Crippen LogP contribution < -0.4 is 17.0 Å². The van der Waals surface area contributed by atoms with Gasteiger partial charge in [0, 0.05) is 12.0 Å². The summed E-state index contributed by atoms with van der Waals surface area (Å²) < 4.78 is 1.21. The smallest absolute Gasteiger partial charge is 0.114 e. The Kier molecular flexibility index (Phi) is 7.73. The number of nitrogens with zero attached hydrogens (tertiary/aromatic N) is 1. The van der Waals surface area contributed by atoms with Crippen molar-refractivity contribution in [3.05, 3.63) is 35.9 Å². The average Bonchev–Trinajstić information content (AvgIpc) is 2.37. The minimum absolute atomic E-state index is 0. The molecular formula is C15H26BrN. The van der Waals surface area contributed by atoms with Gasteiger partial charge in [-0.3, -0.25) is 0 Å². The van der Waals surface area contributed by atoms with E-state index in [4.69, 9.17) is 0 Å². The minimum Gasteiger partial charge on any atom is -1.00 e. The highest BCUT2D eigenvalue weighted by atomic mass is 79.9. The third kappa shape index (κ3) is 3.56. The second-order valence-corrected chi connectivity index (χ2v) is 4.50. The van der Waals surface area contributed by atoms with Gasteiger partial charge in [0.15, 0.2) is 0 Å². The first kappa shape index (κ1) is 16.7. The molecule has 0 heterocycles. The normalized spacial score (nSPS) is 12.9. The predicted octanol–water partition coefficient (Wildman–Crippen LogP) is 1.02. The fourth-order valence-corrected chi connectivity index (χ4v) is 2.95. The molecule has 0 saturated heterocycles. The summed E-state index contributed by atoms with van der Waals surface area (Å²) >= 11 is 0. The summed E-state index contributed by atoms with van der Waals surface area (Å²) in [6.45, 7) is 12.9. The van der Waals surface area contributed by atoms with Crippen LogP contribution in [0.15, 0.2) is 30.3 Å². The zero-order valence-corrected chi connectivity index (χ0v) is 13.2. The molecule has 98 valence electrons. The van der Waals surface area contributed by atoms with E-state index in [1.807, 2.05) is 0 Å². The molecule has 0 N–H and O–H groups in total. The van der Waals surface area contributed by atoms with Gasteiger partial charge < -0.3 is 21.5 Å². The maximum absolute atomic E-state index is 2.32. The second-order valence-electron chi connectivity index (χ2n) is 4.50. The molecule has 0 bridgehead atoms. The van der Waals surface area contributed by atoms with Gasteiger partial charge in [0.1, 0.15) is 6.04 Å². The molecule has 0 radical (unpaired) electrons. The van der Waals surface area contributed by atoms with E-state index in [1.54, 1.807) is 0 Å². The van der Waals surface area contributed by atoms with E-state index in [-0.39, 0.29) is 17.0 Å². The Morgan fingerprint density at radius 1 is 0.882 bits per heavy atom. The Hall–Kier alpha value is -0.340. The first-order chi connectivity index (χ1) is 7.74. The lowest BCUT2D eigenvalue weighted by atomic mass is 9.99. The Morgan fingerprint density at radius 2 is 1.35 bits per heavy atom. The Bertz CT molecular complexity index is 285. The summed E-state index contributed by atoms with van der Waals surface area (Å²) in [7, 11) is 0. The Balaban J connectivity index is 0.00000256. The highest BCUT2D eigenvalue weighted by Crippen LogP contribution is 2.31. The Morgan fingerprint density at radius 3 is 1.71 bits per heavy atom. The fourth-order valence-electron chi connectivity index (χ4n) is 2.95. The molecular weight excluding hydrogens is 274 g/mol. The predicted molar refractivity (Wildman–Crippen MR) is 71.4 cm³/mol. The molecule has 1 aromatic carbocycles. The highest BCUT2D eigenvalue weighted by Gasteiger charge is 2.31. The minimum atomic E-state index is 0. The van der Waals surface area contributed by atoms with Gasteiger partial charge in [-0.1, -0.05) is 37.3 Å². The molecule has 1 nitrogen and oxygen atoms in total. The van der Waals surface area contributed by atoms with Crippen LogP contribution in [0, 0.1) is 0 Å². The van der Waals surface area contributed by atoms with Crippen molar-refractivity contribution in [1.29, 1.82) is 0 Å². The molecule has 1 aromatic rings. The van der Waals surface area contributed by atoms with Crippen molar-refractivity contribution >= 4 is 0 Å². The molecule has 0 amide bonds. The van der Waals surface area contributed by atoms with Gasteiger partial charge in [0.25, 0.3) is 0 Å². The van der Waals surface area contributed by atoms with Crippen LogP contribution in [0.4, 0.5) is 0 Å². The van der Waals surface area contributed by atoms with Crippen molar-refractivity contribution in [1.82, 2.24) is 0 Å². The molecule has 1 rings (SSSR count). The first-order valence-electron chi connectivity index (χ1n) is 6.64. The van der Waals surface area contributed by atoms with E-state index in [2.05, 4.69) is 58.0 Å². The van der Waals surface area contributed by atoms with Crippen LogP contribution in [0.2, 0.25) is 0 Å². The van der Waals surface area contributed by atoms with E-state index < -0.39 is 0 Å². The molecule has 0 aliphatic carbocycles. The number of benzene rings is 1. The van der Waals surface area contributed by atoms with Gasteiger partial charge in [-0.15, -0.1) is 0 Å². The van der Waals surface area contributed by atoms with Gasteiger partial charge in [0.05, 0.1) is 19.6 Å². The zero-order valence-electron chi connectivity index (χ0n) is 11.6. The molecule has 1 atom stereocenters. The van der Waals surface area contributed by atoms with Crippen molar-refractivity contribution in [2.24, 2.45) is 0 Å². The summed E-state index contributed by atoms with van der Waals surface area (Å²) in [6, 6.07) is 11.6. The first-order valence-corrected chi connectivity index (χ1v) is 6.64. The van der Waals surface area contributed by atoms with Crippen LogP contribution in [0.3, 0.4) is 0 Å². The molecule has 0 aliphatic heterocycles. The fraction of sp³-hybridized carbons (Fsp3) is 0.600. The van der Waals surface area contributed by atoms with Crippen LogP contribution in [0.25, 0.3) is 0 Å². The summed E-state index contributed by atoms with van der Waals surface area (Å²) in [5.74, 6) is 0. The SMILES string of the molecule is CCC(c1ccccc1)[N+](CC)(CC)CC.[Br-]. The van der Waals surface area contributed by atoms with Crippen LogP contribution in [-0.4, -0.2) is 24.1 Å². The monoisotopic (exact) mass is 299 g/mol. The summed E-state index contributed by atoms with van der Waals surface area (Å²) in [4.78, 5) is 0.